The van der Waals surface area contributed by atoms with Crippen LogP contribution in [0.5, 0.6) is 0 Å². The molecule has 21 heavy (non-hydrogen) atoms. The minimum absolute atomic E-state index is 0.107. The van der Waals surface area contributed by atoms with Gasteiger partial charge in [-0.25, -0.2) is 0 Å². The van der Waals surface area contributed by atoms with E-state index in [0.29, 0.717) is 23.0 Å². The maximum Gasteiger partial charge on any atom is 0.263 e. The second-order valence-corrected chi connectivity index (χ2v) is 6.00. The van der Waals surface area contributed by atoms with Crippen molar-refractivity contribution in [2.75, 3.05) is 24.1 Å². The number of amides is 1. The highest BCUT2D eigenvalue weighted by atomic mass is 32.1. The number of thiophene rings is 1. The minimum Gasteiger partial charge on any atom is -0.397 e. The smallest absolute Gasteiger partial charge is 0.263 e. The van der Waals surface area contributed by atoms with E-state index in [1.165, 1.54) is 16.9 Å². The van der Waals surface area contributed by atoms with Crippen LogP contribution in [0.25, 0.3) is 0 Å². The normalized spacial score (nSPS) is 11.9. The summed E-state index contributed by atoms with van der Waals surface area (Å²) < 4.78 is 0. The van der Waals surface area contributed by atoms with Gasteiger partial charge in [0.1, 0.15) is 4.88 Å². The number of carbonyl (C=O) groups excluding carboxylic acids is 1. The molecule has 1 unspecified atom stereocenters. The topological polar surface area (TPSA) is 67.2 Å². The van der Waals surface area contributed by atoms with Crippen molar-refractivity contribution in [3.63, 3.8) is 0 Å². The van der Waals surface area contributed by atoms with E-state index in [2.05, 4.69) is 29.7 Å². The SMILES string of the molecule is CCNC(=O)c1sc(NCC(C)c2ccccc2)cc1N. The molecule has 0 aliphatic rings. The molecule has 0 aliphatic heterocycles. The standard InChI is InChI=1S/C16H21N3OS/c1-3-18-16(20)15-13(17)9-14(21-15)19-10-11(2)12-7-5-4-6-8-12/h4-9,11,19H,3,10,17H2,1-2H3,(H,18,20). The molecular weight excluding hydrogens is 282 g/mol. The van der Waals surface area contributed by atoms with E-state index in [0.717, 1.165) is 11.5 Å². The molecule has 2 rings (SSSR count). The number of hydrogen-bond acceptors (Lipinski definition) is 4. The minimum atomic E-state index is -0.107. The van der Waals surface area contributed by atoms with Crippen LogP contribution in [-0.2, 0) is 0 Å². The molecule has 5 heteroatoms. The molecule has 0 saturated heterocycles. The highest BCUT2D eigenvalue weighted by Crippen LogP contribution is 2.29. The average molecular weight is 303 g/mol. The number of nitrogens with two attached hydrogens (primary N) is 1. The third-order valence-electron chi connectivity index (χ3n) is 3.26. The van der Waals surface area contributed by atoms with Crippen molar-refractivity contribution in [2.24, 2.45) is 0 Å². The van der Waals surface area contributed by atoms with Crippen molar-refractivity contribution in [2.45, 2.75) is 19.8 Å². The molecule has 1 heterocycles. The maximum absolute atomic E-state index is 11.8. The molecular formula is C16H21N3OS. The van der Waals surface area contributed by atoms with Gasteiger partial charge < -0.3 is 16.4 Å². The molecule has 2 aromatic rings. The second-order valence-electron chi connectivity index (χ2n) is 4.95. The zero-order chi connectivity index (χ0) is 15.2. The van der Waals surface area contributed by atoms with E-state index in [9.17, 15) is 4.79 Å². The fourth-order valence-electron chi connectivity index (χ4n) is 2.06. The van der Waals surface area contributed by atoms with E-state index in [-0.39, 0.29) is 5.91 Å². The van der Waals surface area contributed by atoms with Crippen LogP contribution in [0.3, 0.4) is 0 Å². The highest BCUT2D eigenvalue weighted by Gasteiger charge is 2.14. The lowest BCUT2D eigenvalue weighted by molar-refractivity contribution is 0.0960. The lowest BCUT2D eigenvalue weighted by atomic mass is 10.0. The molecule has 1 aromatic heterocycles. The van der Waals surface area contributed by atoms with Crippen LogP contribution in [0.2, 0.25) is 0 Å². The summed E-state index contributed by atoms with van der Waals surface area (Å²) in [5.41, 5.74) is 7.72. The van der Waals surface area contributed by atoms with Gasteiger partial charge >= 0.3 is 0 Å². The van der Waals surface area contributed by atoms with E-state index in [1.807, 2.05) is 31.2 Å². The Morgan fingerprint density at radius 3 is 2.71 bits per heavy atom. The molecule has 112 valence electrons. The summed E-state index contributed by atoms with van der Waals surface area (Å²) >= 11 is 1.40. The van der Waals surface area contributed by atoms with Crippen LogP contribution in [0.4, 0.5) is 10.7 Å². The van der Waals surface area contributed by atoms with Crippen molar-refractivity contribution < 1.29 is 4.79 Å². The van der Waals surface area contributed by atoms with Gasteiger partial charge in [0.15, 0.2) is 0 Å². The first kappa shape index (κ1) is 15.4. The van der Waals surface area contributed by atoms with E-state index in [1.54, 1.807) is 0 Å². The predicted molar refractivity (Wildman–Crippen MR) is 90.1 cm³/mol. The Balaban J connectivity index is 1.98. The summed E-state index contributed by atoms with van der Waals surface area (Å²) in [5.74, 6) is 0.284. The zero-order valence-corrected chi connectivity index (χ0v) is 13.2. The molecule has 0 spiro atoms. The molecule has 0 aliphatic carbocycles. The maximum atomic E-state index is 11.8. The van der Waals surface area contributed by atoms with E-state index < -0.39 is 0 Å². The molecule has 1 aromatic carbocycles. The summed E-state index contributed by atoms with van der Waals surface area (Å²) in [5, 5.41) is 7.06. The van der Waals surface area contributed by atoms with Crippen molar-refractivity contribution in [3.05, 3.63) is 46.8 Å². The van der Waals surface area contributed by atoms with Gasteiger partial charge in [-0.1, -0.05) is 37.3 Å². The summed E-state index contributed by atoms with van der Waals surface area (Å²) in [6.45, 7) is 5.47. The van der Waals surface area contributed by atoms with Gasteiger partial charge in [0, 0.05) is 13.1 Å². The lowest BCUT2D eigenvalue weighted by Crippen LogP contribution is -2.22. The molecule has 0 saturated carbocycles. The van der Waals surface area contributed by atoms with E-state index in [4.69, 9.17) is 5.73 Å². The Morgan fingerprint density at radius 2 is 2.05 bits per heavy atom. The van der Waals surface area contributed by atoms with Crippen molar-refractivity contribution >= 4 is 27.9 Å². The van der Waals surface area contributed by atoms with Crippen LogP contribution >= 0.6 is 11.3 Å². The summed E-state index contributed by atoms with van der Waals surface area (Å²) in [6.07, 6.45) is 0. The zero-order valence-electron chi connectivity index (χ0n) is 12.3. The third-order valence-corrected chi connectivity index (χ3v) is 4.36. The molecule has 4 N–H and O–H groups in total. The number of carbonyl (C=O) groups is 1. The molecule has 4 nitrogen and oxygen atoms in total. The van der Waals surface area contributed by atoms with Crippen molar-refractivity contribution in [3.8, 4) is 0 Å². The first-order chi connectivity index (χ1) is 10.1. The fourth-order valence-corrected chi connectivity index (χ4v) is 2.97. The van der Waals surface area contributed by atoms with Crippen LogP contribution in [0.15, 0.2) is 36.4 Å². The number of benzene rings is 1. The monoisotopic (exact) mass is 303 g/mol. The fraction of sp³-hybridized carbons (Fsp3) is 0.312. The number of hydrogen-bond donors (Lipinski definition) is 3. The van der Waals surface area contributed by atoms with Gasteiger partial charge in [0.2, 0.25) is 0 Å². The average Bonchev–Trinajstić information content (AvgIpc) is 2.87. The number of rotatable bonds is 6. The highest BCUT2D eigenvalue weighted by molar-refractivity contribution is 7.18. The number of anilines is 2. The molecule has 0 bridgehead atoms. The molecule has 1 amide bonds. The van der Waals surface area contributed by atoms with Gasteiger partial charge in [0.05, 0.1) is 10.7 Å². The number of nitrogen functional groups attached to an aromatic ring is 1. The van der Waals surface area contributed by atoms with Crippen LogP contribution in [0, 0.1) is 0 Å². The first-order valence-corrected chi connectivity index (χ1v) is 7.89. The summed E-state index contributed by atoms with van der Waals surface area (Å²) in [7, 11) is 0. The number of nitrogens with one attached hydrogen (secondary N) is 2. The van der Waals surface area contributed by atoms with Gasteiger partial charge in [0.25, 0.3) is 5.91 Å². The molecule has 0 radical (unpaired) electrons. The Kier molecular flexibility index (Phi) is 5.22. The van der Waals surface area contributed by atoms with Gasteiger partial charge in [-0.05, 0) is 24.5 Å². The Labute approximate surface area is 129 Å². The summed E-state index contributed by atoms with van der Waals surface area (Å²) in [4.78, 5) is 12.4. The van der Waals surface area contributed by atoms with Crippen LogP contribution in [0.1, 0.15) is 35.0 Å². The van der Waals surface area contributed by atoms with Crippen molar-refractivity contribution in [1.29, 1.82) is 0 Å². The van der Waals surface area contributed by atoms with Crippen LogP contribution in [-0.4, -0.2) is 19.0 Å². The molecule has 1 atom stereocenters. The van der Waals surface area contributed by atoms with Gasteiger partial charge in [-0.15, -0.1) is 11.3 Å². The lowest BCUT2D eigenvalue weighted by Gasteiger charge is -2.12. The Bertz CT molecular complexity index is 595. The van der Waals surface area contributed by atoms with E-state index >= 15 is 0 Å². The predicted octanol–water partition coefficient (Wildman–Crippen LogP) is 3.30. The van der Waals surface area contributed by atoms with Gasteiger partial charge in [-0.2, -0.15) is 0 Å². The Hall–Kier alpha value is -2.01. The Morgan fingerprint density at radius 1 is 1.33 bits per heavy atom. The first-order valence-electron chi connectivity index (χ1n) is 7.08. The van der Waals surface area contributed by atoms with Crippen molar-refractivity contribution in [1.82, 2.24) is 5.32 Å². The largest absolute Gasteiger partial charge is 0.397 e. The van der Waals surface area contributed by atoms with Crippen LogP contribution < -0.4 is 16.4 Å². The second kappa shape index (κ2) is 7.13. The molecule has 0 fully saturated rings. The third kappa shape index (κ3) is 3.98. The summed E-state index contributed by atoms with van der Waals surface area (Å²) in [6, 6.07) is 12.2. The van der Waals surface area contributed by atoms with Gasteiger partial charge in [-0.3, -0.25) is 4.79 Å². The quantitative estimate of drug-likeness (QED) is 0.767.